The smallest absolute Gasteiger partial charge is 0.308 e. The average Bonchev–Trinajstić information content (AvgIpc) is 3.48. The molecule has 2 aromatic rings. The van der Waals surface area contributed by atoms with Gasteiger partial charge in [0.25, 0.3) is 0 Å². The van der Waals surface area contributed by atoms with E-state index in [0.29, 0.717) is 11.2 Å². The Hall–Kier alpha value is -1.24. The molecule has 2 aliphatic heterocycles. The summed E-state index contributed by atoms with van der Waals surface area (Å²) in [6.07, 6.45) is 7.28. The Morgan fingerprint density at radius 3 is 2.58 bits per heavy atom. The lowest BCUT2D eigenvalue weighted by Gasteiger charge is -2.40. The largest absolute Gasteiger partial charge is 0.341 e. The van der Waals surface area contributed by atoms with Crippen LogP contribution >= 0.6 is 34.7 Å². The van der Waals surface area contributed by atoms with Gasteiger partial charge in [0.15, 0.2) is 0 Å². The molecule has 0 spiro atoms. The maximum absolute atomic E-state index is 13.1. The number of aromatic nitrogens is 1. The third-order valence-electron chi connectivity index (χ3n) is 7.92. The molecule has 2 aliphatic carbocycles. The zero-order valence-electron chi connectivity index (χ0n) is 17.5. The van der Waals surface area contributed by atoms with Crippen LogP contribution in [0.4, 0.5) is 0 Å². The number of hydrogen-bond donors (Lipinski definition) is 0. The first kappa shape index (κ1) is 20.4. The molecule has 3 heterocycles. The molecule has 6 rings (SSSR count). The highest BCUT2D eigenvalue weighted by molar-refractivity contribution is 8.00. The molecule has 4 aliphatic rings. The molecule has 1 aromatic carbocycles. The van der Waals surface area contributed by atoms with Crippen molar-refractivity contribution in [1.29, 1.82) is 0 Å². The number of nitrogens with zero attached hydrogens (tertiary/aromatic N) is 2. The van der Waals surface area contributed by atoms with Crippen LogP contribution in [-0.4, -0.2) is 33.7 Å². The molecule has 4 nitrogen and oxygen atoms in total. The molecule has 3 fully saturated rings. The Morgan fingerprint density at radius 2 is 1.81 bits per heavy atom. The standard InChI is InChI=1S/C24H27ClN2O2S2/c25-17-8-6-14(7-9-17)19-20-15-4-5-16(12-15)21(20)30-23-22(19)31-24(29)27(23)13-18(28)26-10-2-1-3-11-26/h6-9,15-16,19-21H,1-5,10-13H2/t15?,16?,19-,20?,21?/m1/s1. The maximum atomic E-state index is 13.1. The van der Waals surface area contributed by atoms with Gasteiger partial charge in [-0.25, -0.2) is 0 Å². The Labute approximate surface area is 196 Å². The molecular formula is C24H27ClN2O2S2. The summed E-state index contributed by atoms with van der Waals surface area (Å²) >= 11 is 9.46. The number of carbonyl (C=O) groups is 1. The van der Waals surface area contributed by atoms with Crippen molar-refractivity contribution in [2.24, 2.45) is 17.8 Å². The lowest BCUT2D eigenvalue weighted by atomic mass is 9.75. The van der Waals surface area contributed by atoms with Crippen molar-refractivity contribution in [2.45, 2.75) is 61.3 Å². The first-order valence-corrected chi connectivity index (χ1v) is 13.6. The van der Waals surface area contributed by atoms with Crippen LogP contribution in [0.25, 0.3) is 0 Å². The van der Waals surface area contributed by atoms with Gasteiger partial charge in [-0.15, -0.1) is 11.8 Å². The molecule has 1 aromatic heterocycles. The number of hydrogen-bond acceptors (Lipinski definition) is 4. The van der Waals surface area contributed by atoms with Gasteiger partial charge >= 0.3 is 4.87 Å². The third-order valence-corrected chi connectivity index (χ3v) is 11.0. The summed E-state index contributed by atoms with van der Waals surface area (Å²) in [5.74, 6) is 2.42. The van der Waals surface area contributed by atoms with Gasteiger partial charge in [-0.1, -0.05) is 35.1 Å². The van der Waals surface area contributed by atoms with E-state index in [1.165, 1.54) is 47.5 Å². The van der Waals surface area contributed by atoms with Gasteiger partial charge < -0.3 is 4.90 Å². The topological polar surface area (TPSA) is 42.3 Å². The van der Waals surface area contributed by atoms with Gasteiger partial charge in [0, 0.05) is 34.2 Å². The Morgan fingerprint density at radius 1 is 1.06 bits per heavy atom. The van der Waals surface area contributed by atoms with Crippen molar-refractivity contribution in [3.05, 3.63) is 49.4 Å². The van der Waals surface area contributed by atoms with Gasteiger partial charge in [-0.05, 0) is 74.0 Å². The second-order valence-electron chi connectivity index (χ2n) is 9.59. The highest BCUT2D eigenvalue weighted by Crippen LogP contribution is 2.64. The van der Waals surface area contributed by atoms with Crippen molar-refractivity contribution >= 4 is 40.6 Å². The minimum Gasteiger partial charge on any atom is -0.341 e. The Balaban J connectivity index is 1.40. The van der Waals surface area contributed by atoms with E-state index in [2.05, 4.69) is 12.1 Å². The van der Waals surface area contributed by atoms with Gasteiger partial charge in [-0.2, -0.15) is 0 Å². The number of rotatable bonds is 3. The van der Waals surface area contributed by atoms with Gasteiger partial charge in [0.2, 0.25) is 5.91 Å². The van der Waals surface area contributed by atoms with Crippen LogP contribution < -0.4 is 4.87 Å². The second-order valence-corrected chi connectivity index (χ2v) is 12.2. The predicted octanol–water partition coefficient (Wildman–Crippen LogP) is 5.23. The number of halogens is 1. The van der Waals surface area contributed by atoms with Crippen molar-refractivity contribution in [3.63, 3.8) is 0 Å². The maximum Gasteiger partial charge on any atom is 0.308 e. The zero-order valence-corrected chi connectivity index (χ0v) is 19.9. The number of piperidine rings is 1. The minimum atomic E-state index is 0.0224. The summed E-state index contributed by atoms with van der Waals surface area (Å²) in [7, 11) is 0. The number of carbonyl (C=O) groups excluding carboxylic acids is 1. The number of likely N-dealkylation sites (tertiary alicyclic amines) is 1. The SMILES string of the molecule is O=C(Cn1c2c(sc1=O)[C@H](c1ccc(Cl)cc1)C1C3CCC(C3)C1S2)N1CCCCC1. The van der Waals surface area contributed by atoms with Gasteiger partial charge in [0.05, 0.1) is 5.03 Å². The summed E-state index contributed by atoms with van der Waals surface area (Å²) < 4.78 is 1.80. The Bertz CT molecular complexity index is 1060. The van der Waals surface area contributed by atoms with Gasteiger partial charge in [-0.3, -0.25) is 14.2 Å². The van der Waals surface area contributed by atoms with Gasteiger partial charge in [0.1, 0.15) is 6.54 Å². The molecule has 1 amide bonds. The lowest BCUT2D eigenvalue weighted by Crippen LogP contribution is -2.39. The third kappa shape index (κ3) is 3.41. The van der Waals surface area contributed by atoms with E-state index in [9.17, 15) is 9.59 Å². The molecule has 0 radical (unpaired) electrons. The van der Waals surface area contributed by atoms with Crippen LogP contribution in [0.15, 0.2) is 34.1 Å². The summed E-state index contributed by atoms with van der Waals surface area (Å²) in [6.45, 7) is 1.85. The molecule has 4 unspecified atom stereocenters. The average molecular weight is 475 g/mol. The van der Waals surface area contributed by atoms with E-state index >= 15 is 0 Å². The molecule has 1 saturated heterocycles. The molecule has 2 saturated carbocycles. The summed E-state index contributed by atoms with van der Waals surface area (Å²) in [5, 5.41) is 2.36. The predicted molar refractivity (Wildman–Crippen MR) is 126 cm³/mol. The van der Waals surface area contributed by atoms with Crippen molar-refractivity contribution in [1.82, 2.24) is 9.47 Å². The van der Waals surface area contributed by atoms with Crippen LogP contribution in [0, 0.1) is 17.8 Å². The lowest BCUT2D eigenvalue weighted by molar-refractivity contribution is -0.132. The number of thiazole rings is 1. The summed E-state index contributed by atoms with van der Waals surface area (Å²) in [5.41, 5.74) is 1.27. The summed E-state index contributed by atoms with van der Waals surface area (Å²) in [4.78, 5) is 29.3. The molecular weight excluding hydrogens is 448 g/mol. The zero-order chi connectivity index (χ0) is 21.1. The molecule has 164 valence electrons. The van der Waals surface area contributed by atoms with Crippen LogP contribution in [-0.2, 0) is 11.3 Å². The molecule has 2 bridgehead atoms. The van der Waals surface area contributed by atoms with Crippen molar-refractivity contribution in [3.8, 4) is 0 Å². The normalized spacial score (nSPS) is 31.5. The number of amides is 1. The second kappa shape index (κ2) is 7.96. The highest BCUT2D eigenvalue weighted by Gasteiger charge is 2.55. The molecule has 7 heteroatoms. The van der Waals surface area contributed by atoms with E-state index in [4.69, 9.17) is 11.6 Å². The van der Waals surface area contributed by atoms with E-state index < -0.39 is 0 Å². The van der Waals surface area contributed by atoms with Crippen LogP contribution in [0.3, 0.4) is 0 Å². The van der Waals surface area contributed by atoms with E-state index in [1.54, 1.807) is 4.57 Å². The molecule has 0 N–H and O–H groups in total. The van der Waals surface area contributed by atoms with Crippen LogP contribution in [0.5, 0.6) is 0 Å². The van der Waals surface area contributed by atoms with Crippen molar-refractivity contribution in [2.75, 3.05) is 13.1 Å². The monoisotopic (exact) mass is 474 g/mol. The summed E-state index contributed by atoms with van der Waals surface area (Å²) in [6, 6.07) is 8.23. The molecule has 31 heavy (non-hydrogen) atoms. The minimum absolute atomic E-state index is 0.0224. The van der Waals surface area contributed by atoms with Crippen LogP contribution in [0.1, 0.15) is 54.9 Å². The van der Waals surface area contributed by atoms with E-state index in [0.717, 1.165) is 47.8 Å². The quantitative estimate of drug-likeness (QED) is 0.611. The fourth-order valence-electron chi connectivity index (χ4n) is 6.51. The van der Waals surface area contributed by atoms with E-state index in [1.807, 2.05) is 28.8 Å². The first-order chi connectivity index (χ1) is 15.1. The van der Waals surface area contributed by atoms with E-state index in [-0.39, 0.29) is 23.2 Å². The highest BCUT2D eigenvalue weighted by atomic mass is 35.5. The number of thioether (sulfide) groups is 1. The first-order valence-electron chi connectivity index (χ1n) is 11.5. The molecule has 5 atom stereocenters. The fraction of sp³-hybridized carbons (Fsp3) is 0.583. The van der Waals surface area contributed by atoms with Crippen LogP contribution in [0.2, 0.25) is 5.02 Å². The Kier molecular flexibility index (Phi) is 5.23. The fourth-order valence-corrected chi connectivity index (χ4v) is 9.79. The van der Waals surface area contributed by atoms with Crippen molar-refractivity contribution < 1.29 is 4.79 Å². The number of benzene rings is 1. The number of fused-ring (bicyclic) bond motifs is 6.